The lowest BCUT2D eigenvalue weighted by Crippen LogP contribution is -2.21. The summed E-state index contributed by atoms with van der Waals surface area (Å²) in [5.74, 6) is 0. The van der Waals surface area contributed by atoms with Crippen LogP contribution in [0, 0.1) is 0 Å². The van der Waals surface area contributed by atoms with E-state index < -0.39 is 0 Å². The first-order valence-electron chi connectivity index (χ1n) is 13.8. The molecule has 0 atom stereocenters. The van der Waals surface area contributed by atoms with Gasteiger partial charge in [-0.05, 0) is 55.6 Å². The monoisotopic (exact) mass is 605 g/mol. The highest BCUT2D eigenvalue weighted by Gasteiger charge is 2.19. The molecule has 206 valence electrons. The van der Waals surface area contributed by atoms with Crippen molar-refractivity contribution < 1.29 is 8.83 Å². The summed E-state index contributed by atoms with van der Waals surface area (Å²) in [4.78, 5) is 30.3. The fourth-order valence-electron chi connectivity index (χ4n) is 5.68. The largest absolute Gasteiger partial charge is 0.422 e. The summed E-state index contributed by atoms with van der Waals surface area (Å²) < 4.78 is 16.2. The van der Waals surface area contributed by atoms with Gasteiger partial charge in [-0.2, -0.15) is 0 Å². The molecule has 0 unspecified atom stereocenters. The highest BCUT2D eigenvalue weighted by Crippen LogP contribution is 2.47. The molecule has 0 radical (unpaired) electrons. The predicted octanol–water partition coefficient (Wildman–Crippen LogP) is 9.72. The second kappa shape index (κ2) is 9.66. The van der Waals surface area contributed by atoms with Gasteiger partial charge in [0.25, 0.3) is 0 Å². The van der Waals surface area contributed by atoms with Crippen LogP contribution in [0.25, 0.3) is 72.4 Å². The average Bonchev–Trinajstić information content (AvgIpc) is 3.68. The minimum Gasteiger partial charge on any atom is -0.422 e. The van der Waals surface area contributed by atoms with Crippen molar-refractivity contribution in [3.63, 3.8) is 0 Å². The minimum absolute atomic E-state index is 0.336. The molecule has 0 saturated carbocycles. The van der Waals surface area contributed by atoms with E-state index in [9.17, 15) is 9.59 Å². The van der Waals surface area contributed by atoms with Gasteiger partial charge in [0.15, 0.2) is 0 Å². The van der Waals surface area contributed by atoms with Gasteiger partial charge in [0.1, 0.15) is 11.2 Å². The van der Waals surface area contributed by atoms with Crippen molar-refractivity contribution in [2.75, 3.05) is 18.0 Å². The lowest BCUT2D eigenvalue weighted by atomic mass is 10.1. The van der Waals surface area contributed by atoms with Gasteiger partial charge in [-0.1, -0.05) is 36.4 Å². The molecule has 42 heavy (non-hydrogen) atoms. The molecule has 0 spiro atoms. The van der Waals surface area contributed by atoms with Gasteiger partial charge in [0, 0.05) is 60.2 Å². The summed E-state index contributed by atoms with van der Waals surface area (Å²) in [5.41, 5.74) is 2.72. The molecule has 0 aliphatic rings. The number of nitrogens with zero attached hydrogens (tertiary/aromatic N) is 1. The van der Waals surface area contributed by atoms with E-state index in [1.54, 1.807) is 34.0 Å². The van der Waals surface area contributed by atoms with Crippen LogP contribution in [-0.2, 0) is 0 Å². The Labute approximate surface area is 251 Å². The van der Waals surface area contributed by atoms with Crippen molar-refractivity contribution in [3.05, 3.63) is 99.7 Å². The molecular weight excluding hydrogens is 583 g/mol. The van der Waals surface area contributed by atoms with Crippen molar-refractivity contribution in [1.29, 1.82) is 0 Å². The Morgan fingerprint density at radius 2 is 1.26 bits per heavy atom. The van der Waals surface area contributed by atoms with Gasteiger partial charge in [-0.25, -0.2) is 9.59 Å². The molecule has 5 aromatic heterocycles. The lowest BCUT2D eigenvalue weighted by molar-refractivity contribution is 0.563. The van der Waals surface area contributed by atoms with Crippen LogP contribution in [0.1, 0.15) is 13.8 Å². The summed E-state index contributed by atoms with van der Waals surface area (Å²) in [6, 6.07) is 26.1. The number of anilines is 1. The van der Waals surface area contributed by atoms with Crippen LogP contribution >= 0.6 is 34.0 Å². The Bertz CT molecular complexity index is 2450. The highest BCUT2D eigenvalue weighted by atomic mass is 32.1. The molecule has 0 saturated heterocycles. The number of thiophene rings is 3. The van der Waals surface area contributed by atoms with Gasteiger partial charge >= 0.3 is 11.3 Å². The van der Waals surface area contributed by atoms with Crippen molar-refractivity contribution in [1.82, 2.24) is 0 Å². The van der Waals surface area contributed by atoms with Crippen LogP contribution in [-0.4, -0.2) is 13.1 Å². The standard InChI is InChI=1S/C34H23NO4S3/c1-3-35(4-2)21-12-11-19-13-23(33(36)38-25(19)15-21)26-16-28-31(41-26)32-29(40-28)17-27(42-32)24-14-20-10-9-18-7-5-6-8-22(18)30(20)39-34(24)37/h5-17H,3-4H2,1-2H3. The summed E-state index contributed by atoms with van der Waals surface area (Å²) in [7, 11) is 0. The summed E-state index contributed by atoms with van der Waals surface area (Å²) in [6.45, 7) is 6.00. The third-order valence-electron chi connectivity index (χ3n) is 7.83. The van der Waals surface area contributed by atoms with Crippen LogP contribution < -0.4 is 16.2 Å². The maximum Gasteiger partial charge on any atom is 0.345 e. The SMILES string of the molecule is CCN(CC)c1ccc2cc(-c3cc4sc5cc(-c6cc7ccc8ccccc8c7oc6=O)sc5c4s3)c(=O)oc2c1. The second-order valence-corrected chi connectivity index (χ2v) is 13.4. The first-order chi connectivity index (χ1) is 20.5. The van der Waals surface area contributed by atoms with Gasteiger partial charge in [-0.3, -0.25) is 0 Å². The van der Waals surface area contributed by atoms with Gasteiger partial charge in [0.2, 0.25) is 0 Å². The molecule has 5 nitrogen and oxygen atoms in total. The Kier molecular flexibility index (Phi) is 5.86. The average molecular weight is 606 g/mol. The first kappa shape index (κ1) is 25.5. The van der Waals surface area contributed by atoms with E-state index in [2.05, 4.69) is 43.0 Å². The van der Waals surface area contributed by atoms with Crippen molar-refractivity contribution in [2.45, 2.75) is 13.8 Å². The molecule has 8 aromatic rings. The fraction of sp³-hybridized carbons (Fsp3) is 0.118. The zero-order chi connectivity index (χ0) is 28.5. The summed E-state index contributed by atoms with van der Waals surface area (Å²) >= 11 is 4.86. The van der Waals surface area contributed by atoms with Crippen LogP contribution in [0.3, 0.4) is 0 Å². The van der Waals surface area contributed by atoms with Crippen molar-refractivity contribution in [2.24, 2.45) is 0 Å². The van der Waals surface area contributed by atoms with E-state index in [1.807, 2.05) is 54.6 Å². The quantitative estimate of drug-likeness (QED) is 0.144. The van der Waals surface area contributed by atoms with Crippen molar-refractivity contribution >= 4 is 91.2 Å². The number of fused-ring (bicyclic) bond motifs is 7. The zero-order valence-corrected chi connectivity index (χ0v) is 25.2. The maximum absolute atomic E-state index is 13.2. The fourth-order valence-corrected chi connectivity index (χ4v) is 9.71. The summed E-state index contributed by atoms with van der Waals surface area (Å²) in [6.07, 6.45) is 0. The third kappa shape index (κ3) is 3.94. The van der Waals surface area contributed by atoms with E-state index in [0.717, 1.165) is 68.9 Å². The Hall–Kier alpha value is -4.24. The zero-order valence-electron chi connectivity index (χ0n) is 22.7. The van der Waals surface area contributed by atoms with Crippen molar-refractivity contribution in [3.8, 4) is 20.9 Å². The molecule has 0 aliphatic carbocycles. The second-order valence-electron chi connectivity index (χ2n) is 10.2. The normalized spacial score (nSPS) is 12.0. The number of hydrogen-bond donors (Lipinski definition) is 0. The van der Waals surface area contributed by atoms with E-state index >= 15 is 0 Å². The molecule has 0 aliphatic heterocycles. The molecule has 5 heterocycles. The van der Waals surface area contributed by atoms with Crippen LogP contribution in [0.4, 0.5) is 5.69 Å². The highest BCUT2D eigenvalue weighted by molar-refractivity contribution is 7.40. The molecule has 8 rings (SSSR count). The molecule has 3 aromatic carbocycles. The minimum atomic E-state index is -0.339. The Balaban J connectivity index is 1.20. The topological polar surface area (TPSA) is 63.7 Å². The van der Waals surface area contributed by atoms with Crippen LogP contribution in [0.15, 0.2) is 97.3 Å². The third-order valence-corrected chi connectivity index (χ3v) is 11.7. The molecule has 8 heteroatoms. The smallest absolute Gasteiger partial charge is 0.345 e. The summed E-state index contributed by atoms with van der Waals surface area (Å²) in [5, 5.41) is 3.77. The van der Waals surface area contributed by atoms with E-state index in [0.29, 0.717) is 22.3 Å². The number of benzene rings is 3. The predicted molar refractivity (Wildman–Crippen MR) is 179 cm³/mol. The Morgan fingerprint density at radius 1 is 0.643 bits per heavy atom. The number of rotatable bonds is 5. The molecule has 0 bridgehead atoms. The Morgan fingerprint density at radius 3 is 1.98 bits per heavy atom. The van der Waals surface area contributed by atoms with Crippen LogP contribution in [0.5, 0.6) is 0 Å². The van der Waals surface area contributed by atoms with Gasteiger partial charge < -0.3 is 13.7 Å². The van der Waals surface area contributed by atoms with Gasteiger partial charge in [-0.15, -0.1) is 34.0 Å². The van der Waals surface area contributed by atoms with E-state index in [4.69, 9.17) is 8.83 Å². The number of hydrogen-bond acceptors (Lipinski definition) is 8. The maximum atomic E-state index is 13.2. The van der Waals surface area contributed by atoms with Gasteiger partial charge in [0.05, 0.1) is 20.5 Å². The van der Waals surface area contributed by atoms with E-state index in [-0.39, 0.29) is 11.3 Å². The van der Waals surface area contributed by atoms with Crippen LogP contribution in [0.2, 0.25) is 0 Å². The molecular formula is C34H23NO4S3. The molecule has 0 N–H and O–H groups in total. The van der Waals surface area contributed by atoms with E-state index in [1.165, 1.54) is 0 Å². The lowest BCUT2D eigenvalue weighted by Gasteiger charge is -2.20. The molecule has 0 fully saturated rings. The molecule has 0 amide bonds. The first-order valence-corrected chi connectivity index (χ1v) is 16.2.